The summed E-state index contributed by atoms with van der Waals surface area (Å²) in [6.45, 7) is 2.63. The van der Waals surface area contributed by atoms with E-state index < -0.39 is 11.6 Å². The standard InChI is InChI=1S/C20H21F2N3O/c1-13(14-6-7-17(21)18(22)10-14)24-12-20(26)23-9-8-15-11-25-19-5-3-2-4-16(15)19/h2-7,10-11,13,24-25H,8-9,12H2,1H3,(H,23,26)/p+1/t13-/m1/s1. The van der Waals surface area contributed by atoms with E-state index in [4.69, 9.17) is 0 Å². The summed E-state index contributed by atoms with van der Waals surface area (Å²) in [7, 11) is 0. The number of quaternary nitrogens is 1. The average Bonchev–Trinajstić information content (AvgIpc) is 3.05. The summed E-state index contributed by atoms with van der Waals surface area (Å²) in [5.74, 6) is -1.82. The summed E-state index contributed by atoms with van der Waals surface area (Å²) in [6.07, 6.45) is 2.71. The molecule has 0 radical (unpaired) electrons. The van der Waals surface area contributed by atoms with E-state index in [-0.39, 0.29) is 18.5 Å². The zero-order chi connectivity index (χ0) is 18.5. The first-order valence-electron chi connectivity index (χ1n) is 8.64. The van der Waals surface area contributed by atoms with Crippen molar-refractivity contribution >= 4 is 16.8 Å². The van der Waals surface area contributed by atoms with E-state index in [1.807, 2.05) is 31.3 Å². The van der Waals surface area contributed by atoms with Gasteiger partial charge in [-0.25, -0.2) is 8.78 Å². The summed E-state index contributed by atoms with van der Waals surface area (Å²) < 4.78 is 26.3. The lowest BCUT2D eigenvalue weighted by Crippen LogP contribution is -2.87. The molecule has 2 aromatic carbocycles. The molecule has 0 bridgehead atoms. The van der Waals surface area contributed by atoms with Gasteiger partial charge in [0.25, 0.3) is 5.91 Å². The van der Waals surface area contributed by atoms with E-state index in [0.717, 1.165) is 18.0 Å². The van der Waals surface area contributed by atoms with Crippen molar-refractivity contribution in [2.75, 3.05) is 13.1 Å². The molecular weight excluding hydrogens is 336 g/mol. The molecule has 1 heterocycles. The zero-order valence-electron chi connectivity index (χ0n) is 14.6. The molecule has 26 heavy (non-hydrogen) atoms. The fourth-order valence-electron chi connectivity index (χ4n) is 2.96. The minimum Gasteiger partial charge on any atom is -0.361 e. The van der Waals surface area contributed by atoms with Gasteiger partial charge in [0.1, 0.15) is 6.04 Å². The van der Waals surface area contributed by atoms with Gasteiger partial charge in [0.05, 0.1) is 0 Å². The second kappa shape index (κ2) is 8.10. The fraction of sp³-hybridized carbons (Fsp3) is 0.250. The van der Waals surface area contributed by atoms with Gasteiger partial charge in [-0.2, -0.15) is 0 Å². The minimum absolute atomic E-state index is 0.0840. The first-order valence-corrected chi connectivity index (χ1v) is 8.64. The molecule has 0 saturated carbocycles. The highest BCUT2D eigenvalue weighted by Crippen LogP contribution is 2.17. The first kappa shape index (κ1) is 18.1. The van der Waals surface area contributed by atoms with Crippen molar-refractivity contribution in [1.82, 2.24) is 10.3 Å². The van der Waals surface area contributed by atoms with Crippen LogP contribution in [0.15, 0.2) is 48.7 Å². The number of nitrogens with one attached hydrogen (secondary N) is 2. The van der Waals surface area contributed by atoms with Crippen LogP contribution in [0.3, 0.4) is 0 Å². The molecule has 136 valence electrons. The number of H-pyrrole nitrogens is 1. The summed E-state index contributed by atoms with van der Waals surface area (Å²) >= 11 is 0. The van der Waals surface area contributed by atoms with Gasteiger partial charge in [0.15, 0.2) is 18.2 Å². The van der Waals surface area contributed by atoms with E-state index in [1.54, 1.807) is 5.32 Å². The van der Waals surface area contributed by atoms with Crippen LogP contribution in [0.25, 0.3) is 10.9 Å². The number of carbonyl (C=O) groups is 1. The van der Waals surface area contributed by atoms with Crippen LogP contribution in [-0.2, 0) is 11.2 Å². The molecule has 3 aromatic rings. The summed E-state index contributed by atoms with van der Waals surface area (Å²) in [6, 6.07) is 11.7. The van der Waals surface area contributed by atoms with Crippen LogP contribution < -0.4 is 10.6 Å². The number of nitrogens with two attached hydrogens (primary N) is 1. The summed E-state index contributed by atoms with van der Waals surface area (Å²) in [4.78, 5) is 15.2. The van der Waals surface area contributed by atoms with Crippen molar-refractivity contribution in [2.24, 2.45) is 0 Å². The molecule has 0 fully saturated rings. The fourth-order valence-corrected chi connectivity index (χ4v) is 2.96. The van der Waals surface area contributed by atoms with Gasteiger partial charge >= 0.3 is 0 Å². The largest absolute Gasteiger partial charge is 0.361 e. The number of aromatic nitrogens is 1. The van der Waals surface area contributed by atoms with Crippen molar-refractivity contribution in [3.8, 4) is 0 Å². The van der Waals surface area contributed by atoms with E-state index in [2.05, 4.69) is 16.4 Å². The number of rotatable bonds is 7. The Morgan fingerprint density at radius 3 is 2.81 bits per heavy atom. The normalized spacial score (nSPS) is 12.3. The summed E-state index contributed by atoms with van der Waals surface area (Å²) in [5, 5.41) is 5.86. The Morgan fingerprint density at radius 2 is 2.00 bits per heavy atom. The Bertz CT molecular complexity index is 907. The van der Waals surface area contributed by atoms with Crippen LogP contribution in [0.4, 0.5) is 8.78 Å². The average molecular weight is 358 g/mol. The Labute approximate surface area is 150 Å². The predicted molar refractivity (Wildman–Crippen MR) is 96.6 cm³/mol. The monoisotopic (exact) mass is 358 g/mol. The van der Waals surface area contributed by atoms with Crippen molar-refractivity contribution in [1.29, 1.82) is 0 Å². The van der Waals surface area contributed by atoms with Crippen molar-refractivity contribution in [2.45, 2.75) is 19.4 Å². The molecule has 4 N–H and O–H groups in total. The quantitative estimate of drug-likeness (QED) is 0.597. The lowest BCUT2D eigenvalue weighted by atomic mass is 10.1. The highest BCUT2D eigenvalue weighted by molar-refractivity contribution is 5.83. The second-order valence-corrected chi connectivity index (χ2v) is 6.36. The van der Waals surface area contributed by atoms with Crippen LogP contribution in [-0.4, -0.2) is 24.0 Å². The third-order valence-electron chi connectivity index (χ3n) is 4.52. The van der Waals surface area contributed by atoms with Gasteiger partial charge in [0, 0.05) is 29.2 Å². The maximum absolute atomic E-state index is 13.3. The van der Waals surface area contributed by atoms with Crippen LogP contribution in [0.1, 0.15) is 24.1 Å². The van der Waals surface area contributed by atoms with Crippen molar-refractivity contribution in [3.05, 3.63) is 71.4 Å². The van der Waals surface area contributed by atoms with E-state index in [1.165, 1.54) is 23.1 Å². The highest BCUT2D eigenvalue weighted by Gasteiger charge is 2.13. The Hall–Kier alpha value is -2.73. The molecule has 0 aliphatic heterocycles. The van der Waals surface area contributed by atoms with Crippen LogP contribution in [0.5, 0.6) is 0 Å². The lowest BCUT2D eigenvalue weighted by Gasteiger charge is -2.11. The number of amides is 1. The lowest BCUT2D eigenvalue weighted by molar-refractivity contribution is -0.682. The third-order valence-corrected chi connectivity index (χ3v) is 4.52. The van der Waals surface area contributed by atoms with Gasteiger partial charge in [0.2, 0.25) is 0 Å². The molecule has 3 rings (SSSR count). The number of para-hydroxylation sites is 1. The first-order chi connectivity index (χ1) is 12.5. The van der Waals surface area contributed by atoms with Crippen LogP contribution in [0.2, 0.25) is 0 Å². The Kier molecular flexibility index (Phi) is 5.63. The maximum Gasteiger partial charge on any atom is 0.275 e. The van der Waals surface area contributed by atoms with Gasteiger partial charge in [-0.3, -0.25) is 4.79 Å². The molecular formula is C20H22F2N3O+. The molecule has 0 unspecified atom stereocenters. The SMILES string of the molecule is C[C@@H]([NH2+]CC(=O)NCCc1c[nH]c2ccccc12)c1ccc(F)c(F)c1. The Morgan fingerprint density at radius 1 is 1.19 bits per heavy atom. The van der Waals surface area contributed by atoms with Crippen molar-refractivity contribution in [3.63, 3.8) is 0 Å². The highest BCUT2D eigenvalue weighted by atomic mass is 19.2. The van der Waals surface area contributed by atoms with E-state index in [9.17, 15) is 13.6 Å². The number of carbonyl (C=O) groups excluding carboxylic acids is 1. The number of aromatic amines is 1. The summed E-state index contributed by atoms with van der Waals surface area (Å²) in [5.41, 5.74) is 2.90. The molecule has 0 aliphatic carbocycles. The van der Waals surface area contributed by atoms with Crippen LogP contribution >= 0.6 is 0 Å². The molecule has 1 atom stereocenters. The van der Waals surface area contributed by atoms with Crippen molar-refractivity contribution < 1.29 is 18.9 Å². The van der Waals surface area contributed by atoms with E-state index in [0.29, 0.717) is 12.1 Å². The van der Waals surface area contributed by atoms with Crippen LogP contribution in [0, 0.1) is 11.6 Å². The van der Waals surface area contributed by atoms with Gasteiger partial charge in [-0.05, 0) is 43.2 Å². The number of hydrogen-bond acceptors (Lipinski definition) is 1. The predicted octanol–water partition coefficient (Wildman–Crippen LogP) is 2.43. The molecule has 1 amide bonds. The van der Waals surface area contributed by atoms with Gasteiger partial charge < -0.3 is 15.6 Å². The topological polar surface area (TPSA) is 61.5 Å². The zero-order valence-corrected chi connectivity index (χ0v) is 14.6. The number of hydrogen-bond donors (Lipinski definition) is 3. The smallest absolute Gasteiger partial charge is 0.275 e. The molecule has 4 nitrogen and oxygen atoms in total. The Balaban J connectivity index is 1.44. The van der Waals surface area contributed by atoms with E-state index >= 15 is 0 Å². The third kappa shape index (κ3) is 4.26. The van der Waals surface area contributed by atoms with Gasteiger partial charge in [-0.15, -0.1) is 0 Å². The molecule has 1 aromatic heterocycles. The molecule has 0 spiro atoms. The number of benzene rings is 2. The molecule has 0 saturated heterocycles. The minimum atomic E-state index is -0.870. The second-order valence-electron chi connectivity index (χ2n) is 6.36. The molecule has 6 heteroatoms. The van der Waals surface area contributed by atoms with Gasteiger partial charge in [-0.1, -0.05) is 18.2 Å². The number of fused-ring (bicyclic) bond motifs is 1. The molecule has 0 aliphatic rings. The number of halogens is 2. The maximum atomic E-state index is 13.3.